The summed E-state index contributed by atoms with van der Waals surface area (Å²) >= 11 is 0. The number of non-ortho nitro benzene ring substituents is 1. The smallest absolute Gasteiger partial charge is 0.279 e. The molecule has 1 aromatic heterocycles. The maximum absolute atomic E-state index is 14.1. The second kappa shape index (κ2) is 12.9. The Kier molecular flexibility index (Phi) is 8.42. The Balaban J connectivity index is 1.12. The molecule has 7 rings (SSSR count). The Bertz CT molecular complexity index is 2220. The van der Waals surface area contributed by atoms with Gasteiger partial charge in [0.1, 0.15) is 0 Å². The molecule has 0 radical (unpaired) electrons. The molecule has 4 aromatic carbocycles. The molecule has 0 fully saturated rings. The van der Waals surface area contributed by atoms with E-state index in [0.717, 1.165) is 11.1 Å². The van der Waals surface area contributed by atoms with E-state index in [9.17, 15) is 34.7 Å². The fourth-order valence-corrected chi connectivity index (χ4v) is 7.05. The van der Waals surface area contributed by atoms with Gasteiger partial charge in [0.05, 0.1) is 46.4 Å². The molecule has 12 nitrogen and oxygen atoms in total. The molecule has 3 N–H and O–H groups in total. The summed E-state index contributed by atoms with van der Waals surface area (Å²) in [6.07, 6.45) is 3.70. The van der Waals surface area contributed by atoms with Crippen LogP contribution in [0.3, 0.4) is 0 Å². The van der Waals surface area contributed by atoms with Gasteiger partial charge >= 0.3 is 0 Å². The number of hydrogen-bond donors (Lipinski definition) is 3. The third kappa shape index (κ3) is 5.57. The van der Waals surface area contributed by atoms with Crippen molar-refractivity contribution in [3.63, 3.8) is 0 Å². The van der Waals surface area contributed by atoms with Gasteiger partial charge in [-0.1, -0.05) is 67.6 Å². The number of fused-ring (bicyclic) bond motifs is 3. The van der Waals surface area contributed by atoms with Crippen LogP contribution in [0.2, 0.25) is 0 Å². The highest BCUT2D eigenvalue weighted by Gasteiger charge is 2.53. The molecule has 0 unspecified atom stereocenters. The lowest BCUT2D eigenvalue weighted by atomic mass is 9.82. The highest BCUT2D eigenvalue weighted by molar-refractivity contribution is 6.07. The number of aliphatic hydroxyl groups excluding tert-OH is 1. The van der Waals surface area contributed by atoms with Crippen LogP contribution < -0.4 is 10.5 Å². The summed E-state index contributed by atoms with van der Waals surface area (Å²) in [5, 5.41) is 37.5. The molecule has 2 aliphatic heterocycles. The first-order valence-electron chi connectivity index (χ1n) is 16.4. The SMILES string of the molecule is C[C@@H](/C=C/CC(=O)N1Cc2ccccc2C[C@H]1CO)[C@]1(O)C(=O)N(Cc2ccc(-n3[nH]c4ccccc4c3=O)cc2)c2ccc([N+](=O)[O-])cc21. The van der Waals surface area contributed by atoms with E-state index in [1.54, 1.807) is 60.4 Å². The van der Waals surface area contributed by atoms with Gasteiger partial charge in [-0.2, -0.15) is 0 Å². The summed E-state index contributed by atoms with van der Waals surface area (Å²) in [6.45, 7) is 1.88. The third-order valence-electron chi connectivity index (χ3n) is 9.85. The number of rotatable bonds is 9. The molecule has 0 aliphatic carbocycles. The van der Waals surface area contributed by atoms with Crippen LogP contribution in [-0.2, 0) is 34.7 Å². The molecule has 0 spiro atoms. The summed E-state index contributed by atoms with van der Waals surface area (Å²) in [4.78, 5) is 54.5. The molecule has 50 heavy (non-hydrogen) atoms. The van der Waals surface area contributed by atoms with E-state index in [0.29, 0.717) is 40.8 Å². The first kappa shape index (κ1) is 32.7. The largest absolute Gasteiger partial charge is 0.394 e. The van der Waals surface area contributed by atoms with Crippen molar-refractivity contribution in [2.24, 2.45) is 5.92 Å². The van der Waals surface area contributed by atoms with E-state index in [1.807, 2.05) is 36.4 Å². The standard InChI is InChI=1S/C38H35N5O7/c1-24(7-6-12-35(45)40-22-27-9-3-2-8-26(27)19-30(40)23-44)38(48)32-20-29(43(49)50)17-18-34(32)41(37(38)47)21-25-13-15-28(16-14-25)42-36(46)31-10-4-5-11-33(31)39-42/h2-11,13-18,20,24,30,39,44,48H,12,19,21-23H2,1H3/b7-6+/t24-,30-,38+/m0/s1. The van der Waals surface area contributed by atoms with Crippen molar-refractivity contribution in [1.29, 1.82) is 0 Å². The number of anilines is 1. The fourth-order valence-electron chi connectivity index (χ4n) is 7.05. The van der Waals surface area contributed by atoms with Crippen molar-refractivity contribution in [1.82, 2.24) is 14.7 Å². The van der Waals surface area contributed by atoms with Crippen LogP contribution >= 0.6 is 0 Å². The predicted octanol–water partition coefficient (Wildman–Crippen LogP) is 4.49. The number of nitrogens with one attached hydrogen (secondary N) is 1. The number of H-pyrrole nitrogens is 1. The molecule has 2 amide bonds. The second-order valence-electron chi connectivity index (χ2n) is 12.8. The van der Waals surface area contributed by atoms with E-state index < -0.39 is 22.3 Å². The Morgan fingerprint density at radius 3 is 2.48 bits per heavy atom. The van der Waals surface area contributed by atoms with Crippen molar-refractivity contribution < 1.29 is 24.7 Å². The molecule has 12 heteroatoms. The lowest BCUT2D eigenvalue weighted by Crippen LogP contribution is -2.46. The van der Waals surface area contributed by atoms with Crippen LogP contribution in [0.15, 0.2) is 108 Å². The molecule has 5 aromatic rings. The van der Waals surface area contributed by atoms with Crippen molar-refractivity contribution in [3.05, 3.63) is 146 Å². The van der Waals surface area contributed by atoms with Crippen LogP contribution in [0.4, 0.5) is 11.4 Å². The van der Waals surface area contributed by atoms with Crippen LogP contribution in [-0.4, -0.2) is 54.3 Å². The Morgan fingerprint density at radius 2 is 1.76 bits per heavy atom. The molecule has 0 bridgehead atoms. The predicted molar refractivity (Wildman–Crippen MR) is 187 cm³/mol. The minimum atomic E-state index is -2.14. The maximum atomic E-state index is 14.1. The van der Waals surface area contributed by atoms with Crippen LogP contribution in [0, 0.1) is 16.0 Å². The van der Waals surface area contributed by atoms with E-state index >= 15 is 0 Å². The second-order valence-corrected chi connectivity index (χ2v) is 12.8. The number of benzene rings is 4. The van der Waals surface area contributed by atoms with Crippen molar-refractivity contribution in [3.8, 4) is 5.69 Å². The monoisotopic (exact) mass is 673 g/mol. The zero-order valence-electron chi connectivity index (χ0n) is 27.2. The first-order chi connectivity index (χ1) is 24.1. The number of aliphatic hydroxyl groups is 2. The molecular weight excluding hydrogens is 638 g/mol. The summed E-state index contributed by atoms with van der Waals surface area (Å²) in [5.74, 6) is -1.72. The molecule has 3 atom stereocenters. The number of nitro benzene ring substituents is 1. The molecule has 254 valence electrons. The van der Waals surface area contributed by atoms with Gasteiger partial charge in [0.25, 0.3) is 17.2 Å². The lowest BCUT2D eigenvalue weighted by molar-refractivity contribution is -0.385. The van der Waals surface area contributed by atoms with Gasteiger partial charge in [-0.15, -0.1) is 0 Å². The van der Waals surface area contributed by atoms with Gasteiger partial charge in [-0.3, -0.25) is 29.6 Å². The highest BCUT2D eigenvalue weighted by Crippen LogP contribution is 2.47. The van der Waals surface area contributed by atoms with E-state index in [4.69, 9.17) is 0 Å². The van der Waals surface area contributed by atoms with Crippen molar-refractivity contribution in [2.45, 2.75) is 44.5 Å². The quantitative estimate of drug-likeness (QED) is 0.118. The molecular formula is C38H35N5O7. The fraction of sp³-hybridized carbons (Fsp3) is 0.237. The number of aromatic amines is 1. The normalized spacial score (nSPS) is 19.2. The molecule has 0 saturated heterocycles. The van der Waals surface area contributed by atoms with Crippen molar-refractivity contribution >= 4 is 34.1 Å². The number of para-hydroxylation sites is 1. The number of hydrogen-bond acceptors (Lipinski definition) is 7. The molecule has 2 aliphatic rings. The van der Waals surface area contributed by atoms with Gasteiger partial charge in [0.2, 0.25) is 5.91 Å². The average molecular weight is 674 g/mol. The van der Waals surface area contributed by atoms with Crippen LogP contribution in [0.5, 0.6) is 0 Å². The number of nitrogens with zero attached hydrogens (tertiary/aromatic N) is 4. The first-order valence-corrected chi connectivity index (χ1v) is 16.4. The lowest BCUT2D eigenvalue weighted by Gasteiger charge is -2.36. The maximum Gasteiger partial charge on any atom is 0.279 e. The summed E-state index contributed by atoms with van der Waals surface area (Å²) in [7, 11) is 0. The summed E-state index contributed by atoms with van der Waals surface area (Å²) in [6, 6.07) is 25.7. The van der Waals surface area contributed by atoms with Gasteiger partial charge in [0.15, 0.2) is 5.60 Å². The number of aromatic nitrogens is 2. The summed E-state index contributed by atoms with van der Waals surface area (Å²) < 4.78 is 1.44. The topological polar surface area (TPSA) is 162 Å². The molecule has 0 saturated carbocycles. The zero-order chi connectivity index (χ0) is 35.2. The van der Waals surface area contributed by atoms with Crippen molar-refractivity contribution in [2.75, 3.05) is 11.5 Å². The van der Waals surface area contributed by atoms with Gasteiger partial charge in [-0.05, 0) is 53.4 Å². The Morgan fingerprint density at radius 1 is 1.04 bits per heavy atom. The van der Waals surface area contributed by atoms with E-state index in [2.05, 4.69) is 5.10 Å². The van der Waals surface area contributed by atoms with E-state index in [-0.39, 0.29) is 48.3 Å². The minimum Gasteiger partial charge on any atom is -0.394 e. The number of amides is 2. The van der Waals surface area contributed by atoms with Crippen LogP contribution in [0.1, 0.15) is 35.6 Å². The zero-order valence-corrected chi connectivity index (χ0v) is 27.2. The minimum absolute atomic E-state index is 0.0232. The Labute approximate surface area is 286 Å². The third-order valence-corrected chi connectivity index (χ3v) is 9.85. The number of carbonyl (C=O) groups excluding carboxylic acids is 2. The average Bonchev–Trinajstić information content (AvgIpc) is 3.58. The number of carbonyl (C=O) groups is 2. The van der Waals surface area contributed by atoms with Gasteiger partial charge in [-0.25, -0.2) is 4.68 Å². The van der Waals surface area contributed by atoms with Crippen LogP contribution in [0.25, 0.3) is 16.6 Å². The highest BCUT2D eigenvalue weighted by atomic mass is 16.6. The van der Waals surface area contributed by atoms with E-state index in [1.165, 1.54) is 27.8 Å². The number of nitro groups is 1. The Hall–Kier alpha value is -5.85. The van der Waals surface area contributed by atoms with Gasteiger partial charge in [0, 0.05) is 36.6 Å². The molecule has 3 heterocycles. The van der Waals surface area contributed by atoms with Gasteiger partial charge < -0.3 is 20.0 Å². The summed E-state index contributed by atoms with van der Waals surface area (Å²) in [5.41, 5.74) is 1.97.